The first-order chi connectivity index (χ1) is 8.54. The van der Waals surface area contributed by atoms with Gasteiger partial charge in [-0.25, -0.2) is 9.97 Å². The number of alkyl halides is 3. The molecule has 1 aromatic rings. The second-order valence-electron chi connectivity index (χ2n) is 5.22. The van der Waals surface area contributed by atoms with Gasteiger partial charge in [0.25, 0.3) is 0 Å². The third kappa shape index (κ3) is 4.77. The molecule has 0 fully saturated rings. The molecule has 1 heterocycles. The van der Waals surface area contributed by atoms with Crippen molar-refractivity contribution in [3.8, 4) is 0 Å². The first-order valence-corrected chi connectivity index (χ1v) is 7.00. The molecule has 1 N–H and O–H groups in total. The predicted molar refractivity (Wildman–Crippen MR) is 77.4 cm³/mol. The summed E-state index contributed by atoms with van der Waals surface area (Å²) in [4.78, 5) is 8.07. The zero-order chi connectivity index (χ0) is 14.8. The lowest BCUT2D eigenvalue weighted by Gasteiger charge is -2.22. The Morgan fingerprint density at radius 1 is 1.16 bits per heavy atom. The summed E-state index contributed by atoms with van der Waals surface area (Å²) in [7, 11) is 0. The molecule has 0 atom stereocenters. The van der Waals surface area contributed by atoms with Crippen LogP contribution in [0.3, 0.4) is 0 Å². The van der Waals surface area contributed by atoms with E-state index in [2.05, 4.69) is 37.9 Å². The van der Waals surface area contributed by atoms with E-state index in [0.29, 0.717) is 18.1 Å². The molecular formula is C12H17F3IN3. The van der Waals surface area contributed by atoms with Crippen LogP contribution in [-0.4, -0.2) is 22.7 Å². The number of aromatic nitrogens is 2. The Morgan fingerprint density at radius 3 is 2.16 bits per heavy atom. The van der Waals surface area contributed by atoms with Crippen LogP contribution < -0.4 is 5.32 Å². The van der Waals surface area contributed by atoms with E-state index in [0.717, 1.165) is 3.57 Å². The van der Waals surface area contributed by atoms with Gasteiger partial charge in [0, 0.05) is 12.0 Å². The average Bonchev–Trinajstić information content (AvgIpc) is 2.19. The van der Waals surface area contributed by atoms with Crippen molar-refractivity contribution in [2.45, 2.75) is 45.7 Å². The van der Waals surface area contributed by atoms with Crippen LogP contribution >= 0.6 is 22.6 Å². The van der Waals surface area contributed by atoms with Gasteiger partial charge >= 0.3 is 6.18 Å². The van der Waals surface area contributed by atoms with E-state index < -0.39 is 12.6 Å². The first kappa shape index (κ1) is 16.5. The van der Waals surface area contributed by atoms with Gasteiger partial charge in [0.05, 0.1) is 9.26 Å². The molecule has 0 bridgehead atoms. The number of rotatable bonds is 3. The molecule has 0 saturated carbocycles. The van der Waals surface area contributed by atoms with E-state index >= 15 is 0 Å². The minimum absolute atomic E-state index is 0.186. The molecule has 3 nitrogen and oxygen atoms in total. The second kappa shape index (κ2) is 5.80. The summed E-state index contributed by atoms with van der Waals surface area (Å²) < 4.78 is 38.2. The van der Waals surface area contributed by atoms with Gasteiger partial charge in [-0.05, 0) is 29.5 Å². The van der Waals surface area contributed by atoms with Crippen molar-refractivity contribution in [1.82, 2.24) is 9.97 Å². The average molecular weight is 387 g/mol. The summed E-state index contributed by atoms with van der Waals surface area (Å²) in [6.07, 6.45) is -5.41. The minimum atomic E-state index is -4.30. The standard InChI is InChI=1S/C12H17F3IN3/c1-5-17-10-8(16)9(11(2,3)4)18-7(19-10)6-12(13,14)15/h5-6H2,1-4H3,(H,17,18,19). The second-order valence-corrected chi connectivity index (χ2v) is 6.30. The van der Waals surface area contributed by atoms with Crippen molar-refractivity contribution < 1.29 is 13.2 Å². The lowest BCUT2D eigenvalue weighted by Crippen LogP contribution is -2.22. The summed E-state index contributed by atoms with van der Waals surface area (Å²) in [6.45, 7) is 8.24. The highest BCUT2D eigenvalue weighted by Crippen LogP contribution is 2.30. The summed E-state index contributed by atoms with van der Waals surface area (Å²) in [5, 5.41) is 2.99. The smallest absolute Gasteiger partial charge is 0.369 e. The number of hydrogen-bond donors (Lipinski definition) is 1. The van der Waals surface area contributed by atoms with Crippen molar-refractivity contribution in [2.75, 3.05) is 11.9 Å². The van der Waals surface area contributed by atoms with Gasteiger partial charge in [-0.3, -0.25) is 0 Å². The Labute approximate surface area is 124 Å². The Kier molecular flexibility index (Phi) is 5.02. The quantitative estimate of drug-likeness (QED) is 0.800. The van der Waals surface area contributed by atoms with Crippen LogP contribution in [0.25, 0.3) is 0 Å². The Hall–Kier alpha value is -0.600. The molecule has 19 heavy (non-hydrogen) atoms. The molecule has 0 saturated heterocycles. The summed E-state index contributed by atoms with van der Waals surface area (Å²) >= 11 is 2.07. The van der Waals surface area contributed by atoms with Gasteiger partial charge in [-0.1, -0.05) is 20.8 Å². The maximum absolute atomic E-state index is 12.5. The maximum atomic E-state index is 12.5. The highest BCUT2D eigenvalue weighted by atomic mass is 127. The fourth-order valence-corrected chi connectivity index (χ4v) is 2.77. The van der Waals surface area contributed by atoms with Crippen LogP contribution in [0, 0.1) is 3.57 Å². The molecule has 7 heteroatoms. The van der Waals surface area contributed by atoms with E-state index in [1.54, 1.807) is 0 Å². The molecule has 0 aliphatic carbocycles. The lowest BCUT2D eigenvalue weighted by atomic mass is 9.92. The summed E-state index contributed by atoms with van der Waals surface area (Å²) in [5.74, 6) is 0.288. The highest BCUT2D eigenvalue weighted by molar-refractivity contribution is 14.1. The topological polar surface area (TPSA) is 37.8 Å². The predicted octanol–water partition coefficient (Wildman–Crippen LogP) is 3.92. The van der Waals surface area contributed by atoms with E-state index in [-0.39, 0.29) is 11.2 Å². The van der Waals surface area contributed by atoms with E-state index in [1.807, 2.05) is 27.7 Å². The van der Waals surface area contributed by atoms with Gasteiger partial charge < -0.3 is 5.32 Å². The third-order valence-corrected chi connectivity index (χ3v) is 3.33. The first-order valence-electron chi connectivity index (χ1n) is 5.92. The SMILES string of the molecule is CCNc1nc(CC(F)(F)F)nc(C(C)(C)C)c1I. The molecule has 0 amide bonds. The maximum Gasteiger partial charge on any atom is 0.396 e. The minimum Gasteiger partial charge on any atom is -0.369 e. The summed E-state index contributed by atoms with van der Waals surface area (Å²) in [6, 6.07) is 0. The van der Waals surface area contributed by atoms with Crippen LogP contribution in [-0.2, 0) is 11.8 Å². The van der Waals surface area contributed by atoms with E-state index in [9.17, 15) is 13.2 Å². The number of nitrogens with zero attached hydrogens (tertiary/aromatic N) is 2. The normalized spacial score (nSPS) is 12.6. The highest BCUT2D eigenvalue weighted by Gasteiger charge is 2.31. The molecule has 108 valence electrons. The molecule has 0 unspecified atom stereocenters. The zero-order valence-electron chi connectivity index (χ0n) is 11.3. The van der Waals surface area contributed by atoms with Crippen LogP contribution in [0.2, 0.25) is 0 Å². The van der Waals surface area contributed by atoms with E-state index in [4.69, 9.17) is 0 Å². The third-order valence-electron chi connectivity index (χ3n) is 2.31. The van der Waals surface area contributed by atoms with Crippen LogP contribution in [0.15, 0.2) is 0 Å². The van der Waals surface area contributed by atoms with Crippen molar-refractivity contribution >= 4 is 28.4 Å². The molecule has 0 radical (unpaired) electrons. The Balaban J connectivity index is 3.31. The van der Waals surface area contributed by atoms with Gasteiger partial charge in [0.15, 0.2) is 0 Å². The van der Waals surface area contributed by atoms with Crippen molar-refractivity contribution in [3.63, 3.8) is 0 Å². The molecule has 0 spiro atoms. The molecule has 1 rings (SSSR count). The number of hydrogen-bond acceptors (Lipinski definition) is 3. The molecule has 0 aliphatic heterocycles. The fraction of sp³-hybridized carbons (Fsp3) is 0.667. The van der Waals surface area contributed by atoms with Crippen molar-refractivity contribution in [1.29, 1.82) is 0 Å². The molecular weight excluding hydrogens is 370 g/mol. The number of halogens is 4. The lowest BCUT2D eigenvalue weighted by molar-refractivity contribution is -0.128. The van der Waals surface area contributed by atoms with Crippen LogP contribution in [0.4, 0.5) is 19.0 Å². The fourth-order valence-electron chi connectivity index (χ4n) is 1.53. The summed E-state index contributed by atoms with van der Waals surface area (Å²) in [5.41, 5.74) is 0.308. The van der Waals surface area contributed by atoms with Crippen molar-refractivity contribution in [3.05, 3.63) is 15.1 Å². The largest absolute Gasteiger partial charge is 0.396 e. The van der Waals surface area contributed by atoms with Crippen LogP contribution in [0.5, 0.6) is 0 Å². The van der Waals surface area contributed by atoms with Crippen LogP contribution in [0.1, 0.15) is 39.2 Å². The monoisotopic (exact) mass is 387 g/mol. The van der Waals surface area contributed by atoms with Gasteiger partial charge in [-0.2, -0.15) is 13.2 Å². The zero-order valence-corrected chi connectivity index (χ0v) is 13.5. The molecule has 1 aromatic heterocycles. The van der Waals surface area contributed by atoms with Crippen molar-refractivity contribution in [2.24, 2.45) is 0 Å². The number of nitrogens with one attached hydrogen (secondary N) is 1. The Bertz CT molecular complexity index is 453. The molecule has 0 aliphatic rings. The van der Waals surface area contributed by atoms with E-state index in [1.165, 1.54) is 0 Å². The Morgan fingerprint density at radius 2 is 1.74 bits per heavy atom. The van der Waals surface area contributed by atoms with Gasteiger partial charge in [-0.15, -0.1) is 0 Å². The number of anilines is 1. The molecule has 0 aromatic carbocycles. The van der Waals surface area contributed by atoms with Gasteiger partial charge in [0.2, 0.25) is 0 Å². The van der Waals surface area contributed by atoms with Gasteiger partial charge in [0.1, 0.15) is 18.1 Å².